The molecule has 2 heterocycles. The zero-order chi connectivity index (χ0) is 18.5. The van der Waals surface area contributed by atoms with Crippen LogP contribution in [0.3, 0.4) is 0 Å². The number of likely N-dealkylation sites (tertiary alicyclic amines) is 1. The van der Waals surface area contributed by atoms with Crippen molar-refractivity contribution in [3.05, 3.63) is 24.4 Å². The van der Waals surface area contributed by atoms with E-state index in [9.17, 15) is 0 Å². The molecule has 0 aliphatic carbocycles. The van der Waals surface area contributed by atoms with E-state index < -0.39 is 0 Å². The van der Waals surface area contributed by atoms with Crippen molar-refractivity contribution in [2.24, 2.45) is 5.92 Å². The van der Waals surface area contributed by atoms with E-state index in [0.717, 1.165) is 42.3 Å². The average Bonchev–Trinajstić information content (AvgIpc) is 3.14. The molecule has 7 nitrogen and oxygen atoms in total. The van der Waals surface area contributed by atoms with Crippen LogP contribution in [0.1, 0.15) is 13.3 Å². The fourth-order valence-corrected chi connectivity index (χ4v) is 3.30. The number of nitrogens with one attached hydrogen (secondary N) is 1. The molecule has 1 aliphatic rings. The summed E-state index contributed by atoms with van der Waals surface area (Å²) in [5, 5.41) is 3.06. The second-order valence-corrected chi connectivity index (χ2v) is 6.47. The second-order valence-electron chi connectivity index (χ2n) is 6.47. The van der Waals surface area contributed by atoms with E-state index in [2.05, 4.69) is 27.1 Å². The zero-order valence-corrected chi connectivity index (χ0v) is 15.7. The summed E-state index contributed by atoms with van der Waals surface area (Å²) in [6.07, 6.45) is 2.89. The highest BCUT2D eigenvalue weighted by atomic mass is 16.5. The van der Waals surface area contributed by atoms with Crippen LogP contribution in [0.2, 0.25) is 0 Å². The fourth-order valence-electron chi connectivity index (χ4n) is 3.30. The molecule has 1 fully saturated rings. The Labute approximate surface area is 154 Å². The van der Waals surface area contributed by atoms with Crippen molar-refractivity contribution in [1.82, 2.24) is 14.9 Å². The monoisotopic (exact) mass is 357 g/mol. The molecule has 1 saturated heterocycles. The fraction of sp³-hybridized carbons (Fsp3) is 0.474. The summed E-state index contributed by atoms with van der Waals surface area (Å²) in [4.78, 5) is 10.8. The minimum atomic E-state index is 0.241. The van der Waals surface area contributed by atoms with E-state index in [1.54, 1.807) is 13.3 Å². The SMILES string of the molecule is CCN1CCC(COc2cc(-c3cnc(N)nc3NC)ccc2OC)C1. The Morgan fingerprint density at radius 1 is 1.35 bits per heavy atom. The molecular formula is C19H27N5O2. The van der Waals surface area contributed by atoms with Crippen molar-refractivity contribution in [2.75, 3.05) is 51.4 Å². The normalized spacial score (nSPS) is 17.3. The van der Waals surface area contributed by atoms with Gasteiger partial charge in [0.2, 0.25) is 5.95 Å². The van der Waals surface area contributed by atoms with Crippen LogP contribution in [0.5, 0.6) is 11.5 Å². The lowest BCUT2D eigenvalue weighted by molar-refractivity contribution is 0.234. The van der Waals surface area contributed by atoms with E-state index >= 15 is 0 Å². The Kier molecular flexibility index (Phi) is 5.78. The first-order valence-electron chi connectivity index (χ1n) is 8.98. The summed E-state index contributed by atoms with van der Waals surface area (Å²) < 4.78 is 11.6. The maximum Gasteiger partial charge on any atom is 0.221 e. The maximum absolute atomic E-state index is 6.13. The summed E-state index contributed by atoms with van der Waals surface area (Å²) >= 11 is 0. The van der Waals surface area contributed by atoms with E-state index in [1.165, 1.54) is 6.42 Å². The standard InChI is InChI=1S/C19H27N5O2/c1-4-24-8-7-13(11-24)12-26-17-9-14(5-6-16(17)25-3)15-10-22-19(20)23-18(15)21-2/h5-6,9-10,13H,4,7-8,11-12H2,1-3H3,(H3,20,21,22,23). The van der Waals surface area contributed by atoms with E-state index in [1.807, 2.05) is 25.2 Å². The van der Waals surface area contributed by atoms with Crippen molar-refractivity contribution < 1.29 is 9.47 Å². The predicted octanol–water partition coefficient (Wildman–Crippen LogP) is 2.50. The zero-order valence-electron chi connectivity index (χ0n) is 15.7. The average molecular weight is 357 g/mol. The van der Waals surface area contributed by atoms with Gasteiger partial charge < -0.3 is 25.4 Å². The van der Waals surface area contributed by atoms with Gasteiger partial charge in [0.25, 0.3) is 0 Å². The first-order chi connectivity index (χ1) is 12.6. The van der Waals surface area contributed by atoms with Gasteiger partial charge in [0.1, 0.15) is 5.82 Å². The van der Waals surface area contributed by atoms with Crippen LogP contribution < -0.4 is 20.5 Å². The molecule has 1 aromatic heterocycles. The number of nitrogens with zero attached hydrogens (tertiary/aromatic N) is 3. The number of nitrogen functional groups attached to an aromatic ring is 1. The molecule has 140 valence electrons. The van der Waals surface area contributed by atoms with Gasteiger partial charge in [-0.2, -0.15) is 4.98 Å². The largest absolute Gasteiger partial charge is 0.493 e. The van der Waals surface area contributed by atoms with Gasteiger partial charge in [-0.25, -0.2) is 4.98 Å². The highest BCUT2D eigenvalue weighted by molar-refractivity contribution is 5.76. The van der Waals surface area contributed by atoms with Gasteiger partial charge >= 0.3 is 0 Å². The summed E-state index contributed by atoms with van der Waals surface area (Å²) in [5.74, 6) is 2.93. The predicted molar refractivity (Wildman–Crippen MR) is 104 cm³/mol. The quantitative estimate of drug-likeness (QED) is 0.787. The molecule has 1 aliphatic heterocycles. The Balaban J connectivity index is 1.81. The molecule has 0 spiro atoms. The van der Waals surface area contributed by atoms with Crippen molar-refractivity contribution in [3.63, 3.8) is 0 Å². The number of nitrogens with two attached hydrogens (primary N) is 1. The lowest BCUT2D eigenvalue weighted by Gasteiger charge is -2.17. The van der Waals surface area contributed by atoms with Crippen LogP contribution in [0.15, 0.2) is 24.4 Å². The lowest BCUT2D eigenvalue weighted by atomic mass is 10.1. The molecule has 0 radical (unpaired) electrons. The van der Waals surface area contributed by atoms with Crippen LogP contribution >= 0.6 is 0 Å². The molecule has 1 atom stereocenters. The van der Waals surface area contributed by atoms with Crippen LogP contribution in [0, 0.1) is 5.92 Å². The molecule has 1 aromatic carbocycles. The topological polar surface area (TPSA) is 85.5 Å². The van der Waals surface area contributed by atoms with E-state index in [-0.39, 0.29) is 5.95 Å². The van der Waals surface area contributed by atoms with Crippen molar-refractivity contribution in [3.8, 4) is 22.6 Å². The van der Waals surface area contributed by atoms with Crippen LogP contribution in [-0.4, -0.2) is 55.3 Å². The maximum atomic E-state index is 6.13. The van der Waals surface area contributed by atoms with Gasteiger partial charge in [0.05, 0.1) is 13.7 Å². The Morgan fingerprint density at radius 2 is 2.19 bits per heavy atom. The third-order valence-electron chi connectivity index (χ3n) is 4.81. The number of hydrogen-bond acceptors (Lipinski definition) is 7. The molecule has 7 heteroatoms. The van der Waals surface area contributed by atoms with E-state index in [4.69, 9.17) is 15.2 Å². The number of anilines is 2. The highest BCUT2D eigenvalue weighted by Crippen LogP contribution is 2.35. The number of rotatable bonds is 7. The third-order valence-corrected chi connectivity index (χ3v) is 4.81. The van der Waals surface area contributed by atoms with Gasteiger partial charge in [-0.1, -0.05) is 13.0 Å². The van der Waals surface area contributed by atoms with Crippen LogP contribution in [0.4, 0.5) is 11.8 Å². The summed E-state index contributed by atoms with van der Waals surface area (Å²) in [6, 6.07) is 5.85. The minimum Gasteiger partial charge on any atom is -0.493 e. The van der Waals surface area contributed by atoms with Gasteiger partial charge in [-0.15, -0.1) is 0 Å². The van der Waals surface area contributed by atoms with Gasteiger partial charge in [-0.3, -0.25) is 0 Å². The molecule has 0 bridgehead atoms. The smallest absolute Gasteiger partial charge is 0.221 e. The van der Waals surface area contributed by atoms with Crippen molar-refractivity contribution >= 4 is 11.8 Å². The first-order valence-corrected chi connectivity index (χ1v) is 8.98. The lowest BCUT2D eigenvalue weighted by Crippen LogP contribution is -2.21. The molecule has 3 N–H and O–H groups in total. The summed E-state index contributed by atoms with van der Waals surface area (Å²) in [6.45, 7) is 6.22. The van der Waals surface area contributed by atoms with Crippen LogP contribution in [0.25, 0.3) is 11.1 Å². The summed E-state index contributed by atoms with van der Waals surface area (Å²) in [7, 11) is 3.47. The minimum absolute atomic E-state index is 0.241. The molecule has 0 amide bonds. The van der Waals surface area contributed by atoms with Crippen molar-refractivity contribution in [1.29, 1.82) is 0 Å². The number of hydrogen-bond donors (Lipinski definition) is 2. The first kappa shape index (κ1) is 18.3. The molecule has 1 unspecified atom stereocenters. The second kappa shape index (κ2) is 8.23. The summed E-state index contributed by atoms with van der Waals surface area (Å²) in [5.41, 5.74) is 7.50. The number of ether oxygens (including phenoxy) is 2. The Bertz CT molecular complexity index is 753. The van der Waals surface area contributed by atoms with Crippen molar-refractivity contribution in [2.45, 2.75) is 13.3 Å². The number of methoxy groups -OCH3 is 1. The van der Waals surface area contributed by atoms with Gasteiger partial charge in [0.15, 0.2) is 11.5 Å². The Morgan fingerprint density at radius 3 is 2.88 bits per heavy atom. The molecule has 3 rings (SSSR count). The molecule has 2 aromatic rings. The molecule has 0 saturated carbocycles. The van der Waals surface area contributed by atoms with Crippen LogP contribution in [-0.2, 0) is 0 Å². The molecule has 26 heavy (non-hydrogen) atoms. The van der Waals surface area contributed by atoms with E-state index in [0.29, 0.717) is 18.3 Å². The van der Waals surface area contributed by atoms with Gasteiger partial charge in [-0.05, 0) is 37.2 Å². The third kappa shape index (κ3) is 3.99. The van der Waals surface area contributed by atoms with Gasteiger partial charge in [0, 0.05) is 31.3 Å². The Hall–Kier alpha value is -2.54. The molecular weight excluding hydrogens is 330 g/mol. The number of benzene rings is 1. The highest BCUT2D eigenvalue weighted by Gasteiger charge is 2.22. The number of aromatic nitrogens is 2.